The van der Waals surface area contributed by atoms with Gasteiger partial charge in [0.1, 0.15) is 28.1 Å². The highest BCUT2D eigenvalue weighted by Gasteiger charge is 2.57. The minimum atomic E-state index is -1.43. The van der Waals surface area contributed by atoms with Gasteiger partial charge < -0.3 is 30.6 Å². The van der Waals surface area contributed by atoms with E-state index >= 15 is 8.78 Å². The van der Waals surface area contributed by atoms with Crippen LogP contribution >= 0.6 is 11.8 Å². The van der Waals surface area contributed by atoms with Gasteiger partial charge in [0.25, 0.3) is 0 Å². The van der Waals surface area contributed by atoms with Crippen LogP contribution in [0.5, 0.6) is 0 Å². The van der Waals surface area contributed by atoms with E-state index in [4.69, 9.17) is 0 Å². The molecule has 1 saturated carbocycles. The lowest BCUT2D eigenvalue weighted by Gasteiger charge is -2.43. The Bertz CT molecular complexity index is 1690. The number of aromatic amines is 1. The van der Waals surface area contributed by atoms with E-state index in [1.165, 1.54) is 29.9 Å². The number of nitrogens with zero attached hydrogens (tertiary/aromatic N) is 3. The second-order valence-corrected chi connectivity index (χ2v) is 12.6. The SMILES string of the molecule is C[C@@H](O)[C@@H]1C(=O)N2C(C(=O)O)=C(CN=CNNCC3CCN(c4c(F)cc5c(=O)c(C(=O)O)c(C6CC6)[nH]c5c4F)C3)S[C@H]12. The number of rotatable bonds is 11. The Morgan fingerprint density at radius 1 is 1.23 bits per heavy atom. The summed E-state index contributed by atoms with van der Waals surface area (Å²) in [6, 6.07) is 0.899. The van der Waals surface area contributed by atoms with E-state index in [0.717, 1.165) is 6.07 Å². The molecule has 1 aliphatic carbocycles. The number of carbonyl (C=O) groups is 3. The summed E-state index contributed by atoms with van der Waals surface area (Å²) in [7, 11) is 0. The molecule has 13 nitrogen and oxygen atoms in total. The number of pyridine rings is 1. The Balaban J connectivity index is 1.06. The van der Waals surface area contributed by atoms with Crippen molar-refractivity contribution >= 4 is 52.5 Å². The van der Waals surface area contributed by atoms with Crippen molar-refractivity contribution in [2.75, 3.05) is 31.1 Å². The van der Waals surface area contributed by atoms with Gasteiger partial charge in [-0.3, -0.25) is 19.5 Å². The second kappa shape index (κ2) is 11.5. The lowest BCUT2D eigenvalue weighted by Crippen LogP contribution is -2.60. The molecule has 44 heavy (non-hydrogen) atoms. The topological polar surface area (TPSA) is 188 Å². The fourth-order valence-electron chi connectivity index (χ4n) is 6.13. The van der Waals surface area contributed by atoms with Crippen molar-refractivity contribution in [3.63, 3.8) is 0 Å². The number of fused-ring (bicyclic) bond motifs is 2. The number of hydrogen-bond donors (Lipinski definition) is 6. The van der Waals surface area contributed by atoms with E-state index in [0.29, 0.717) is 43.8 Å². The predicted molar refractivity (Wildman–Crippen MR) is 156 cm³/mol. The number of hydrazine groups is 1. The van der Waals surface area contributed by atoms with E-state index in [2.05, 4.69) is 20.8 Å². The average Bonchev–Trinajstić information content (AvgIpc) is 3.61. The molecule has 4 heterocycles. The third kappa shape index (κ3) is 5.09. The van der Waals surface area contributed by atoms with E-state index in [1.807, 2.05) is 0 Å². The third-order valence-corrected chi connectivity index (χ3v) is 9.81. The van der Waals surface area contributed by atoms with Crippen LogP contribution in [0.15, 0.2) is 26.5 Å². The molecule has 16 heteroatoms. The van der Waals surface area contributed by atoms with Gasteiger partial charge in [0.05, 0.1) is 35.8 Å². The first-order valence-electron chi connectivity index (χ1n) is 14.2. The maximum absolute atomic E-state index is 15.7. The summed E-state index contributed by atoms with van der Waals surface area (Å²) in [5, 5.41) is 28.2. The van der Waals surface area contributed by atoms with Crippen LogP contribution in [0.3, 0.4) is 0 Å². The van der Waals surface area contributed by atoms with Crippen molar-refractivity contribution < 1.29 is 38.5 Å². The molecule has 1 aromatic heterocycles. The number of halogens is 2. The predicted octanol–water partition coefficient (Wildman–Crippen LogP) is 1.54. The minimum absolute atomic E-state index is 0.000548. The van der Waals surface area contributed by atoms with Gasteiger partial charge in [-0.15, -0.1) is 0 Å². The number of aliphatic carboxylic acids is 1. The minimum Gasteiger partial charge on any atom is -0.477 e. The van der Waals surface area contributed by atoms with Crippen LogP contribution in [0.25, 0.3) is 10.9 Å². The molecule has 6 N–H and O–H groups in total. The first kappa shape index (κ1) is 30.0. The molecule has 0 radical (unpaired) electrons. The first-order chi connectivity index (χ1) is 21.0. The third-order valence-electron chi connectivity index (χ3n) is 8.45. The Morgan fingerprint density at radius 2 is 1.98 bits per heavy atom. The quantitative estimate of drug-likeness (QED) is 0.0694. The van der Waals surface area contributed by atoms with Crippen LogP contribution in [0.1, 0.15) is 48.2 Å². The van der Waals surface area contributed by atoms with Gasteiger partial charge in [-0.1, -0.05) is 11.8 Å². The van der Waals surface area contributed by atoms with Crippen LogP contribution in [-0.2, 0) is 9.59 Å². The smallest absolute Gasteiger partial charge is 0.353 e. The Labute approximate surface area is 253 Å². The Morgan fingerprint density at radius 3 is 2.64 bits per heavy atom. The molecule has 1 unspecified atom stereocenters. The van der Waals surface area contributed by atoms with Crippen LogP contribution in [-0.4, -0.2) is 87.0 Å². The number of carboxylic acid groups (broad SMARTS) is 2. The molecule has 3 fully saturated rings. The monoisotopic (exact) mass is 632 g/mol. The molecule has 1 aromatic carbocycles. The molecule has 0 bridgehead atoms. The summed E-state index contributed by atoms with van der Waals surface area (Å²) < 4.78 is 30.9. The van der Waals surface area contributed by atoms with Crippen molar-refractivity contribution in [1.82, 2.24) is 20.7 Å². The van der Waals surface area contributed by atoms with Crippen molar-refractivity contribution in [2.45, 2.75) is 43.6 Å². The largest absolute Gasteiger partial charge is 0.477 e. The van der Waals surface area contributed by atoms with Crippen LogP contribution in [0.2, 0.25) is 0 Å². The summed E-state index contributed by atoms with van der Waals surface area (Å²) in [6.45, 7) is 2.61. The zero-order valence-corrected chi connectivity index (χ0v) is 24.3. The molecule has 4 atom stereocenters. The summed E-state index contributed by atoms with van der Waals surface area (Å²) in [6.07, 6.45) is 2.44. The number of thioether (sulfide) groups is 1. The van der Waals surface area contributed by atoms with Crippen molar-refractivity contribution in [3.8, 4) is 0 Å². The lowest BCUT2D eigenvalue weighted by atomic mass is 9.92. The summed E-state index contributed by atoms with van der Waals surface area (Å²) in [5.41, 5.74) is 3.98. The van der Waals surface area contributed by atoms with E-state index < -0.39 is 57.9 Å². The number of carboxylic acids is 2. The van der Waals surface area contributed by atoms with E-state index in [9.17, 15) is 34.5 Å². The van der Waals surface area contributed by atoms with Crippen molar-refractivity contribution in [1.29, 1.82) is 0 Å². The molecule has 2 saturated heterocycles. The molecule has 1 amide bonds. The molecular formula is C28H30F2N6O7S. The van der Waals surface area contributed by atoms with E-state index in [1.54, 1.807) is 4.90 Å². The number of benzene rings is 1. The number of nitrogens with one attached hydrogen (secondary N) is 3. The highest BCUT2D eigenvalue weighted by Crippen LogP contribution is 2.50. The van der Waals surface area contributed by atoms with Gasteiger partial charge in [0, 0.05) is 36.2 Å². The van der Waals surface area contributed by atoms with E-state index in [-0.39, 0.29) is 46.4 Å². The molecule has 4 aliphatic rings. The molecule has 3 aliphatic heterocycles. The molecule has 2 aromatic rings. The fraction of sp³-hybridized carbons (Fsp3) is 0.464. The summed E-state index contributed by atoms with van der Waals surface area (Å²) in [5.74, 6) is -5.80. The van der Waals surface area contributed by atoms with Crippen molar-refractivity contribution in [3.05, 3.63) is 49.8 Å². The number of aliphatic hydroxyl groups is 1. The molecule has 6 rings (SSSR count). The zero-order chi connectivity index (χ0) is 31.4. The maximum Gasteiger partial charge on any atom is 0.353 e. The molecule has 234 valence electrons. The maximum atomic E-state index is 15.7. The lowest BCUT2D eigenvalue weighted by molar-refractivity contribution is -0.156. The fourth-order valence-corrected chi connectivity index (χ4v) is 7.68. The van der Waals surface area contributed by atoms with Crippen LogP contribution in [0.4, 0.5) is 14.5 Å². The van der Waals surface area contributed by atoms with Gasteiger partial charge >= 0.3 is 11.9 Å². The Kier molecular flexibility index (Phi) is 7.83. The number of carbonyl (C=O) groups excluding carboxylic acids is 1. The van der Waals surface area contributed by atoms with Gasteiger partial charge in [-0.2, -0.15) is 0 Å². The van der Waals surface area contributed by atoms with Crippen molar-refractivity contribution in [2.24, 2.45) is 16.8 Å². The Hall–Kier alpha value is -4.02. The number of β-lactam (4-membered cyclic amide) rings is 1. The van der Waals surface area contributed by atoms with Gasteiger partial charge in [-0.05, 0) is 38.2 Å². The summed E-state index contributed by atoms with van der Waals surface area (Å²) in [4.78, 5) is 58.8. The van der Waals surface area contributed by atoms with Gasteiger partial charge in [-0.25, -0.2) is 23.8 Å². The highest BCUT2D eigenvalue weighted by molar-refractivity contribution is 8.04. The van der Waals surface area contributed by atoms with Crippen LogP contribution in [0, 0.1) is 23.5 Å². The number of aliphatic hydroxyl groups excluding tert-OH is 1. The second-order valence-electron chi connectivity index (χ2n) is 11.4. The van der Waals surface area contributed by atoms with Gasteiger partial charge in [0.15, 0.2) is 5.82 Å². The number of amides is 1. The number of aliphatic imine (C=N–C) groups is 1. The highest BCUT2D eigenvalue weighted by atomic mass is 32.2. The van der Waals surface area contributed by atoms with Gasteiger partial charge in [0.2, 0.25) is 11.3 Å². The number of hydrogen-bond acceptors (Lipinski definition) is 9. The summed E-state index contributed by atoms with van der Waals surface area (Å²) >= 11 is 1.20. The number of aromatic nitrogens is 1. The number of H-pyrrole nitrogens is 1. The molecular weight excluding hydrogens is 602 g/mol. The normalized spacial score (nSPS) is 23.9. The van der Waals surface area contributed by atoms with Crippen LogP contribution < -0.4 is 21.2 Å². The standard InChI is InChI=1S/C28H30F2N6O7S/c1-11(37)17-25(39)36-23(28(42)43)16(44-26(17)36)8-31-10-33-32-7-12-4-5-35(9-12)22-15(29)6-14-21(19(22)30)34-20(13-2-3-13)18(24(14)38)27(40)41/h6,10-13,17,26,32,37H,2-5,7-9H2,1H3,(H,31,33)(H,34,38)(H,40,41)(H,42,43)/t11-,12?,17-,26-/m1/s1. The molecule has 0 spiro atoms. The average molecular weight is 633 g/mol. The zero-order valence-electron chi connectivity index (χ0n) is 23.5. The first-order valence-corrected chi connectivity index (χ1v) is 15.0. The number of anilines is 1. The number of aromatic carboxylic acids is 1.